The summed E-state index contributed by atoms with van der Waals surface area (Å²) in [4.78, 5) is 4.99. The van der Waals surface area contributed by atoms with Crippen LogP contribution in [0.3, 0.4) is 0 Å². The summed E-state index contributed by atoms with van der Waals surface area (Å²) in [6.45, 7) is 16.0. The molecule has 2 heterocycles. The van der Waals surface area contributed by atoms with Crippen LogP contribution in [0.4, 0.5) is 34.1 Å². The van der Waals surface area contributed by atoms with Gasteiger partial charge in [-0.05, 0) is 133 Å². The van der Waals surface area contributed by atoms with Gasteiger partial charge in [-0.15, -0.1) is 22.7 Å². The third-order valence-electron chi connectivity index (χ3n) is 16.1. The highest BCUT2D eigenvalue weighted by molar-refractivity contribution is 7.26. The van der Waals surface area contributed by atoms with Gasteiger partial charge in [-0.3, -0.25) is 0 Å². The molecular weight excluding hydrogens is 953 g/mol. The topological polar surface area (TPSA) is 6.48 Å². The van der Waals surface area contributed by atoms with E-state index in [1.54, 1.807) is 5.56 Å². The summed E-state index contributed by atoms with van der Waals surface area (Å²) in [7, 11) is -4.27. The maximum absolute atomic E-state index is 2.66. The van der Waals surface area contributed by atoms with Crippen LogP contribution in [-0.2, 0) is 4.66 Å². The van der Waals surface area contributed by atoms with Gasteiger partial charge < -0.3 is 9.80 Å². The molecule has 14 rings (SSSR count). The Kier molecular flexibility index (Phi) is 9.93. The van der Waals surface area contributed by atoms with Gasteiger partial charge in [0, 0.05) is 58.4 Å². The van der Waals surface area contributed by atoms with E-state index < -0.39 is 16.1 Å². The van der Waals surface area contributed by atoms with E-state index in [9.17, 15) is 0 Å². The second-order valence-electron chi connectivity index (χ2n) is 22.1. The highest BCUT2D eigenvalue weighted by atomic mass is 32.1. The molecule has 1 aliphatic carbocycles. The highest BCUT2D eigenvalue weighted by Crippen LogP contribution is 2.63. The summed E-state index contributed by atoms with van der Waals surface area (Å²) >= 11 is 3.79. The molecule has 2 nitrogen and oxygen atoms in total. The Morgan fingerprint density at radius 1 is 0.342 bits per heavy atom. The van der Waals surface area contributed by atoms with Crippen LogP contribution in [0.5, 0.6) is 0 Å². The van der Waals surface area contributed by atoms with Crippen molar-refractivity contribution < 1.29 is 0 Å². The summed E-state index contributed by atoms with van der Waals surface area (Å²) in [5.41, 5.74) is 13.0. The van der Waals surface area contributed by atoms with Gasteiger partial charge in [0.2, 0.25) is 0 Å². The molecule has 0 atom stereocenters. The predicted molar refractivity (Wildman–Crippen MR) is 327 cm³/mol. The van der Waals surface area contributed by atoms with Crippen LogP contribution in [0, 0.1) is 0 Å². The van der Waals surface area contributed by atoms with Crippen molar-refractivity contribution in [2.24, 2.45) is 0 Å². The maximum atomic E-state index is 2.66. The van der Waals surface area contributed by atoms with Gasteiger partial charge in [0.1, 0.15) is 0 Å². The van der Waals surface area contributed by atoms with Crippen LogP contribution in [-0.4, -0.2) is 16.1 Å². The molecular formula is C67H54N2S2Si2. The summed E-state index contributed by atoms with van der Waals surface area (Å²) in [6, 6.07) is 82.5. The van der Waals surface area contributed by atoms with E-state index in [2.05, 4.69) is 267 Å². The average Bonchev–Trinajstić information content (AvgIpc) is 4.11. The molecule has 0 aliphatic heterocycles. The summed E-state index contributed by atoms with van der Waals surface area (Å²) in [5.74, 6) is 0. The zero-order valence-corrected chi connectivity index (χ0v) is 45.6. The quantitative estimate of drug-likeness (QED) is 0.111. The van der Waals surface area contributed by atoms with Crippen LogP contribution in [0.1, 0.15) is 11.1 Å². The number of hydrogen-bond donors (Lipinski definition) is 0. The third-order valence-corrected chi connectivity index (χ3v) is 28.5. The van der Waals surface area contributed by atoms with E-state index in [0.717, 1.165) is 11.4 Å². The lowest BCUT2D eigenvalue weighted by atomic mass is 9.90. The molecule has 0 spiro atoms. The molecule has 0 radical (unpaired) electrons. The molecule has 0 amide bonds. The summed E-state index contributed by atoms with van der Waals surface area (Å²) in [6.07, 6.45) is 0. The zero-order valence-electron chi connectivity index (χ0n) is 42.0. The summed E-state index contributed by atoms with van der Waals surface area (Å²) in [5, 5.41) is 13.2. The van der Waals surface area contributed by atoms with Gasteiger partial charge in [-0.2, -0.15) is 0 Å². The first-order chi connectivity index (χ1) is 35.5. The van der Waals surface area contributed by atoms with Crippen molar-refractivity contribution in [3.8, 4) is 11.1 Å². The lowest BCUT2D eigenvalue weighted by Gasteiger charge is -2.51. The van der Waals surface area contributed by atoms with Crippen molar-refractivity contribution in [3.05, 3.63) is 230 Å². The molecule has 0 bridgehead atoms. The molecule has 0 fully saturated rings. The smallest absolute Gasteiger partial charge is 0.0640 e. The van der Waals surface area contributed by atoms with E-state index >= 15 is 0 Å². The number of benzene rings is 11. The van der Waals surface area contributed by atoms with Crippen LogP contribution in [0.15, 0.2) is 218 Å². The molecule has 2 aromatic heterocycles. The molecule has 0 saturated carbocycles. The Morgan fingerprint density at radius 2 is 0.822 bits per heavy atom. The second-order valence-corrected chi connectivity index (χ2v) is 35.2. The largest absolute Gasteiger partial charge is 0.309 e. The van der Waals surface area contributed by atoms with E-state index in [0.29, 0.717) is 0 Å². The molecule has 1 aliphatic rings. The molecule has 13 aromatic rings. The van der Waals surface area contributed by atoms with E-state index in [-0.39, 0.29) is 4.66 Å². The minimum Gasteiger partial charge on any atom is -0.309 e. The van der Waals surface area contributed by atoms with Crippen LogP contribution in [0.2, 0.25) is 39.3 Å². The van der Waals surface area contributed by atoms with Crippen LogP contribution < -0.4 is 9.80 Å². The number of rotatable bonds is 8. The fraction of sp³-hybridized carbons (Fsp3) is 0.104. The van der Waals surface area contributed by atoms with Gasteiger partial charge >= 0.3 is 0 Å². The van der Waals surface area contributed by atoms with E-state index in [4.69, 9.17) is 0 Å². The first kappa shape index (κ1) is 44.4. The van der Waals surface area contributed by atoms with Crippen molar-refractivity contribution in [2.45, 2.75) is 43.9 Å². The molecule has 352 valence electrons. The van der Waals surface area contributed by atoms with Crippen molar-refractivity contribution in [1.29, 1.82) is 0 Å². The normalized spacial score (nSPS) is 13.5. The highest BCUT2D eigenvalue weighted by Gasteiger charge is 2.60. The van der Waals surface area contributed by atoms with Gasteiger partial charge in [0.25, 0.3) is 0 Å². The molecule has 6 heteroatoms. The minimum atomic E-state index is -2.14. The van der Waals surface area contributed by atoms with Crippen LogP contribution in [0.25, 0.3) is 83.8 Å². The fourth-order valence-electron chi connectivity index (χ4n) is 13.6. The first-order valence-corrected chi connectivity index (χ1v) is 34.2. The number of para-hydroxylation sites is 2. The van der Waals surface area contributed by atoms with Gasteiger partial charge in [0.15, 0.2) is 0 Å². The fourth-order valence-corrected chi connectivity index (χ4v) is 29.0. The number of hydrogen-bond acceptors (Lipinski definition) is 4. The number of thiophene rings is 2. The molecule has 0 saturated heterocycles. The maximum Gasteiger partial charge on any atom is 0.0640 e. The van der Waals surface area contributed by atoms with Crippen molar-refractivity contribution in [1.82, 2.24) is 0 Å². The Balaban J connectivity index is 1.01. The summed E-state index contributed by atoms with van der Waals surface area (Å²) < 4.78 is 5.13. The Morgan fingerprint density at radius 3 is 1.38 bits per heavy atom. The third kappa shape index (κ3) is 6.50. The van der Waals surface area contributed by atoms with Crippen LogP contribution >= 0.6 is 22.7 Å². The Hall–Kier alpha value is -7.33. The minimum absolute atomic E-state index is 0.109. The standard InChI is InChI=1S/C67H54N2S2Si2/c1-72(2,3)67(73(4,5)6)58-41-44-39-47(68(45-21-9-7-10-22-45)59-31-19-29-54-50-26-15-17-33-61(50)70-65(54)59)36-35-43(44)40-57(58)63-52-28-14-13-25-49(52)56-42-48(37-38-53(56)64(63)67)69(46-23-11-8-12-24-46)60-32-20-30-55-51-27-16-18-34-62(51)71-66(55)60/h7-42H,1-6H3. The monoisotopic (exact) mass is 1010 g/mol. The Bertz CT molecular complexity index is 4360. The van der Waals surface area contributed by atoms with E-state index in [1.807, 2.05) is 22.7 Å². The Labute approximate surface area is 437 Å². The van der Waals surface area contributed by atoms with Crippen molar-refractivity contribution >= 4 is 146 Å². The average molecular weight is 1010 g/mol. The lowest BCUT2D eigenvalue weighted by molar-refractivity contribution is 0.965. The SMILES string of the molecule is C[Si](C)(C)C1([Si](C)(C)C)c2cc3cc(N(c4ccccc4)c4cccc5c4sc4ccccc45)ccc3cc2-c2c1c1ccc(N(c3ccccc3)c3cccc4c3sc3ccccc34)cc1c1ccccc21. The van der Waals surface area contributed by atoms with Gasteiger partial charge in [-0.1, -0.05) is 179 Å². The van der Waals surface area contributed by atoms with Crippen molar-refractivity contribution in [3.63, 3.8) is 0 Å². The lowest BCUT2D eigenvalue weighted by Crippen LogP contribution is -2.63. The van der Waals surface area contributed by atoms with Gasteiger partial charge in [0.05, 0.1) is 36.9 Å². The van der Waals surface area contributed by atoms with Crippen molar-refractivity contribution in [2.75, 3.05) is 9.80 Å². The number of nitrogens with zero attached hydrogens (tertiary/aromatic N) is 2. The first-order valence-electron chi connectivity index (χ1n) is 25.6. The van der Waals surface area contributed by atoms with Gasteiger partial charge in [-0.25, -0.2) is 0 Å². The molecule has 11 aromatic carbocycles. The molecule has 0 unspecified atom stereocenters. The second kappa shape index (κ2) is 16.3. The molecule has 73 heavy (non-hydrogen) atoms. The zero-order chi connectivity index (χ0) is 49.4. The predicted octanol–water partition coefficient (Wildman–Crippen LogP) is 20.8. The van der Waals surface area contributed by atoms with E-state index in [1.165, 1.54) is 112 Å². The number of anilines is 6. The molecule has 0 N–H and O–H groups in total. The number of fused-ring (bicyclic) bond motifs is 15.